The van der Waals surface area contributed by atoms with E-state index in [0.717, 1.165) is 25.3 Å². The summed E-state index contributed by atoms with van der Waals surface area (Å²) in [6.45, 7) is 9.60. The summed E-state index contributed by atoms with van der Waals surface area (Å²) in [5, 5.41) is 3.60. The summed E-state index contributed by atoms with van der Waals surface area (Å²) < 4.78 is 0. The predicted molar refractivity (Wildman–Crippen MR) is 88.0 cm³/mol. The van der Waals surface area contributed by atoms with E-state index in [-0.39, 0.29) is 11.7 Å². The van der Waals surface area contributed by atoms with E-state index in [4.69, 9.17) is 0 Å². The molecule has 2 rings (SSSR count). The van der Waals surface area contributed by atoms with E-state index in [2.05, 4.69) is 37.9 Å². The van der Waals surface area contributed by atoms with E-state index in [0.29, 0.717) is 11.8 Å². The lowest BCUT2D eigenvalue weighted by Gasteiger charge is -2.26. The molecule has 2 atom stereocenters. The van der Waals surface area contributed by atoms with Crippen LogP contribution in [0.2, 0.25) is 0 Å². The number of rotatable bonds is 7. The molecule has 122 valence electrons. The average Bonchev–Trinajstić information content (AvgIpc) is 3.01. The lowest BCUT2D eigenvalue weighted by Crippen LogP contribution is -2.44. The van der Waals surface area contributed by atoms with Gasteiger partial charge >= 0.3 is 0 Å². The smallest absolute Gasteiger partial charge is 0.243 e. The van der Waals surface area contributed by atoms with Crippen molar-refractivity contribution in [2.45, 2.75) is 90.8 Å². The van der Waals surface area contributed by atoms with Gasteiger partial charge in [-0.25, -0.2) is 0 Å². The first-order chi connectivity index (χ1) is 9.96. The minimum atomic E-state index is -0.340. The molecule has 1 heterocycles. The van der Waals surface area contributed by atoms with Crippen LogP contribution in [0.4, 0.5) is 0 Å². The van der Waals surface area contributed by atoms with E-state index < -0.39 is 0 Å². The Hall–Kier alpha value is -0.570. The molecule has 0 bridgehead atoms. The second kappa shape index (κ2) is 7.13. The van der Waals surface area contributed by atoms with Gasteiger partial charge in [0, 0.05) is 6.54 Å². The third-order valence-electron chi connectivity index (χ3n) is 5.48. The number of hydrogen-bond donors (Lipinski definition) is 1. The minimum absolute atomic E-state index is 0.242. The molecule has 2 fully saturated rings. The van der Waals surface area contributed by atoms with Crippen molar-refractivity contribution in [1.82, 2.24) is 10.2 Å². The van der Waals surface area contributed by atoms with Gasteiger partial charge in [0.2, 0.25) is 5.91 Å². The monoisotopic (exact) mass is 294 g/mol. The van der Waals surface area contributed by atoms with E-state index >= 15 is 0 Å². The number of carbonyl (C=O) groups is 1. The third-order valence-corrected chi connectivity index (χ3v) is 5.48. The fourth-order valence-electron chi connectivity index (χ4n) is 3.96. The molecule has 0 aromatic carbocycles. The minimum Gasteiger partial charge on any atom is -0.326 e. The van der Waals surface area contributed by atoms with Crippen molar-refractivity contribution in [3.05, 3.63) is 0 Å². The summed E-state index contributed by atoms with van der Waals surface area (Å²) >= 11 is 0. The van der Waals surface area contributed by atoms with Crippen molar-refractivity contribution >= 4 is 5.91 Å². The largest absolute Gasteiger partial charge is 0.326 e. The molecule has 1 saturated heterocycles. The van der Waals surface area contributed by atoms with Crippen LogP contribution in [0, 0.1) is 11.8 Å². The third kappa shape index (κ3) is 4.00. The summed E-state index contributed by atoms with van der Waals surface area (Å²) in [5.41, 5.74) is -0.340. The highest BCUT2D eigenvalue weighted by Crippen LogP contribution is 2.30. The number of hydrogen-bond acceptors (Lipinski definition) is 2. The molecule has 3 nitrogen and oxygen atoms in total. The van der Waals surface area contributed by atoms with Crippen LogP contribution in [-0.4, -0.2) is 29.1 Å². The molecule has 1 N–H and O–H groups in total. The SMILES string of the molecule is CCC1(C)NC(CC(C)C)N(CCCC2CCCC2)C1=O. The van der Waals surface area contributed by atoms with Crippen LogP contribution in [0.15, 0.2) is 0 Å². The van der Waals surface area contributed by atoms with E-state index in [1.54, 1.807) is 0 Å². The summed E-state index contributed by atoms with van der Waals surface area (Å²) in [5.74, 6) is 1.87. The Balaban J connectivity index is 1.90. The van der Waals surface area contributed by atoms with Gasteiger partial charge in [-0.2, -0.15) is 0 Å². The first kappa shape index (κ1) is 16.8. The molecule has 1 aliphatic carbocycles. The van der Waals surface area contributed by atoms with Crippen LogP contribution in [0.1, 0.15) is 79.1 Å². The first-order valence-corrected chi connectivity index (χ1v) is 9.05. The number of nitrogens with one attached hydrogen (secondary N) is 1. The Labute approximate surface area is 130 Å². The second-order valence-corrected chi connectivity index (χ2v) is 7.77. The van der Waals surface area contributed by atoms with Gasteiger partial charge in [0.15, 0.2) is 0 Å². The molecular formula is C18H34N2O. The molecule has 0 radical (unpaired) electrons. The Morgan fingerprint density at radius 1 is 1.33 bits per heavy atom. The lowest BCUT2D eigenvalue weighted by molar-refractivity contribution is -0.133. The van der Waals surface area contributed by atoms with Gasteiger partial charge in [0.05, 0.1) is 11.7 Å². The van der Waals surface area contributed by atoms with E-state index in [1.165, 1.54) is 38.5 Å². The molecule has 2 aliphatic rings. The number of amides is 1. The molecule has 1 saturated carbocycles. The summed E-state index contributed by atoms with van der Waals surface area (Å²) in [6.07, 6.45) is 10.3. The van der Waals surface area contributed by atoms with Gasteiger partial charge in [-0.15, -0.1) is 0 Å². The molecular weight excluding hydrogens is 260 g/mol. The van der Waals surface area contributed by atoms with Crippen LogP contribution < -0.4 is 5.32 Å². The van der Waals surface area contributed by atoms with Gasteiger partial charge in [0.25, 0.3) is 0 Å². The van der Waals surface area contributed by atoms with Crippen molar-refractivity contribution in [2.75, 3.05) is 6.54 Å². The number of nitrogens with zero attached hydrogens (tertiary/aromatic N) is 1. The Bertz CT molecular complexity index is 349. The zero-order valence-electron chi connectivity index (χ0n) is 14.5. The summed E-state index contributed by atoms with van der Waals surface area (Å²) in [4.78, 5) is 14.9. The van der Waals surface area contributed by atoms with Gasteiger partial charge in [-0.3, -0.25) is 10.1 Å². The molecule has 0 aromatic rings. The highest BCUT2D eigenvalue weighted by atomic mass is 16.2. The van der Waals surface area contributed by atoms with Crippen molar-refractivity contribution < 1.29 is 4.79 Å². The van der Waals surface area contributed by atoms with Crippen LogP contribution in [0.5, 0.6) is 0 Å². The van der Waals surface area contributed by atoms with Crippen molar-refractivity contribution in [3.8, 4) is 0 Å². The standard InChI is InChI=1S/C18H34N2O/c1-5-18(4)17(21)20(16(19-18)13-14(2)3)12-8-11-15-9-6-7-10-15/h14-16,19H,5-13H2,1-4H3. The van der Waals surface area contributed by atoms with Crippen LogP contribution >= 0.6 is 0 Å². The summed E-state index contributed by atoms with van der Waals surface area (Å²) in [6, 6.07) is 0. The zero-order chi connectivity index (χ0) is 15.5. The fourth-order valence-corrected chi connectivity index (χ4v) is 3.96. The second-order valence-electron chi connectivity index (χ2n) is 7.77. The Morgan fingerprint density at radius 3 is 2.57 bits per heavy atom. The highest BCUT2D eigenvalue weighted by molar-refractivity contribution is 5.88. The molecule has 2 unspecified atom stereocenters. The predicted octanol–water partition coefficient (Wildman–Crippen LogP) is 3.93. The number of carbonyl (C=O) groups excluding carboxylic acids is 1. The topological polar surface area (TPSA) is 32.3 Å². The normalized spacial score (nSPS) is 30.8. The first-order valence-electron chi connectivity index (χ1n) is 9.05. The molecule has 1 amide bonds. The lowest BCUT2D eigenvalue weighted by atomic mass is 9.99. The maximum atomic E-state index is 12.7. The molecule has 1 aliphatic heterocycles. The Kier molecular flexibility index (Phi) is 5.70. The zero-order valence-corrected chi connectivity index (χ0v) is 14.5. The van der Waals surface area contributed by atoms with Crippen LogP contribution in [0.3, 0.4) is 0 Å². The highest BCUT2D eigenvalue weighted by Gasteiger charge is 2.46. The summed E-state index contributed by atoms with van der Waals surface area (Å²) in [7, 11) is 0. The van der Waals surface area contributed by atoms with Gasteiger partial charge < -0.3 is 4.90 Å². The average molecular weight is 294 g/mol. The molecule has 3 heteroatoms. The maximum absolute atomic E-state index is 12.7. The molecule has 0 spiro atoms. The quantitative estimate of drug-likeness (QED) is 0.771. The fraction of sp³-hybridized carbons (Fsp3) is 0.944. The van der Waals surface area contributed by atoms with Gasteiger partial charge in [0.1, 0.15) is 0 Å². The Morgan fingerprint density at radius 2 is 2.00 bits per heavy atom. The van der Waals surface area contributed by atoms with Crippen LogP contribution in [-0.2, 0) is 4.79 Å². The molecule has 21 heavy (non-hydrogen) atoms. The van der Waals surface area contributed by atoms with Crippen molar-refractivity contribution in [2.24, 2.45) is 11.8 Å². The maximum Gasteiger partial charge on any atom is 0.243 e. The molecule has 0 aromatic heterocycles. The van der Waals surface area contributed by atoms with Gasteiger partial charge in [-0.1, -0.05) is 46.5 Å². The van der Waals surface area contributed by atoms with E-state index in [9.17, 15) is 4.79 Å². The van der Waals surface area contributed by atoms with Crippen molar-refractivity contribution in [3.63, 3.8) is 0 Å². The van der Waals surface area contributed by atoms with Crippen molar-refractivity contribution in [1.29, 1.82) is 0 Å². The van der Waals surface area contributed by atoms with Crippen LogP contribution in [0.25, 0.3) is 0 Å². The van der Waals surface area contributed by atoms with E-state index in [1.807, 2.05) is 0 Å². The van der Waals surface area contributed by atoms with Gasteiger partial charge in [-0.05, 0) is 44.4 Å².